The van der Waals surface area contributed by atoms with E-state index in [-0.39, 0.29) is 12.1 Å². The highest BCUT2D eigenvalue weighted by Gasteiger charge is 2.28. The van der Waals surface area contributed by atoms with Gasteiger partial charge in [-0.2, -0.15) is 0 Å². The summed E-state index contributed by atoms with van der Waals surface area (Å²) in [5.41, 5.74) is 4.79. The topological polar surface area (TPSA) is 32.8 Å². The maximum absolute atomic E-state index is 11.8. The molecule has 160 valence electrons. The normalized spacial score (nSPS) is 19.4. The van der Waals surface area contributed by atoms with Crippen molar-refractivity contribution in [3.05, 3.63) is 63.1 Å². The number of esters is 1. The van der Waals surface area contributed by atoms with Crippen LogP contribution in [0.2, 0.25) is 10.0 Å². The maximum atomic E-state index is 11.8. The standard InChI is InChI=1S/C24H28Cl2N2O2/c1-17(29)30-24-16-27(12-9-18-5-8-22(25)23(26)13-18)15-19-6-7-20(14-21(19)24)28-10-3-2-4-11-28/h5-8,13-14,24H,2-4,9-12,15-16H2,1H3. The first kappa shape index (κ1) is 21.5. The molecule has 6 heteroatoms. The zero-order valence-electron chi connectivity index (χ0n) is 17.4. The van der Waals surface area contributed by atoms with Gasteiger partial charge in [-0.3, -0.25) is 9.69 Å². The number of carbonyl (C=O) groups excluding carboxylic acids is 1. The summed E-state index contributed by atoms with van der Waals surface area (Å²) in [6.07, 6.45) is 4.43. The first-order valence-electron chi connectivity index (χ1n) is 10.7. The summed E-state index contributed by atoms with van der Waals surface area (Å²) < 4.78 is 5.74. The summed E-state index contributed by atoms with van der Waals surface area (Å²) in [4.78, 5) is 16.6. The van der Waals surface area contributed by atoms with Gasteiger partial charge in [0.25, 0.3) is 0 Å². The number of ether oxygens (including phenoxy) is 1. The van der Waals surface area contributed by atoms with E-state index < -0.39 is 0 Å². The van der Waals surface area contributed by atoms with Gasteiger partial charge in [0, 0.05) is 50.9 Å². The lowest BCUT2D eigenvalue weighted by atomic mass is 9.95. The molecule has 1 unspecified atom stereocenters. The zero-order valence-corrected chi connectivity index (χ0v) is 18.9. The number of benzene rings is 2. The van der Waals surface area contributed by atoms with Gasteiger partial charge in [-0.25, -0.2) is 0 Å². The summed E-state index contributed by atoms with van der Waals surface area (Å²) >= 11 is 12.2. The van der Waals surface area contributed by atoms with E-state index >= 15 is 0 Å². The molecule has 2 aliphatic heterocycles. The van der Waals surface area contributed by atoms with Crippen molar-refractivity contribution in [3.8, 4) is 0 Å². The van der Waals surface area contributed by atoms with Gasteiger partial charge in [-0.15, -0.1) is 0 Å². The van der Waals surface area contributed by atoms with Crippen molar-refractivity contribution in [2.75, 3.05) is 31.1 Å². The van der Waals surface area contributed by atoms with Gasteiger partial charge in [0.2, 0.25) is 0 Å². The molecule has 1 fully saturated rings. The zero-order chi connectivity index (χ0) is 21.1. The monoisotopic (exact) mass is 446 g/mol. The summed E-state index contributed by atoms with van der Waals surface area (Å²) in [7, 11) is 0. The lowest BCUT2D eigenvalue weighted by molar-refractivity contribution is -0.148. The number of hydrogen-bond donors (Lipinski definition) is 0. The number of halogens is 2. The van der Waals surface area contributed by atoms with E-state index in [1.165, 1.54) is 37.4 Å². The van der Waals surface area contributed by atoms with Gasteiger partial charge in [0.15, 0.2) is 0 Å². The minimum atomic E-state index is -0.236. The van der Waals surface area contributed by atoms with Crippen LogP contribution < -0.4 is 4.90 Å². The molecule has 0 amide bonds. The lowest BCUT2D eigenvalue weighted by Gasteiger charge is -2.36. The molecule has 0 radical (unpaired) electrons. The molecule has 2 heterocycles. The predicted molar refractivity (Wildman–Crippen MR) is 122 cm³/mol. The predicted octanol–water partition coefficient (Wildman–Crippen LogP) is 5.65. The molecule has 1 saturated heterocycles. The SMILES string of the molecule is CC(=O)OC1CN(CCc2ccc(Cl)c(Cl)c2)Cc2ccc(N3CCCCC3)cc21. The smallest absolute Gasteiger partial charge is 0.303 e. The van der Waals surface area contributed by atoms with E-state index in [1.807, 2.05) is 18.2 Å². The number of piperidine rings is 1. The molecule has 0 N–H and O–H groups in total. The minimum Gasteiger partial charge on any atom is -0.456 e. The molecular formula is C24H28Cl2N2O2. The van der Waals surface area contributed by atoms with Crippen LogP contribution in [0.15, 0.2) is 36.4 Å². The van der Waals surface area contributed by atoms with Gasteiger partial charge in [-0.1, -0.05) is 35.3 Å². The van der Waals surface area contributed by atoms with Crippen LogP contribution in [-0.4, -0.2) is 37.0 Å². The van der Waals surface area contributed by atoms with Crippen molar-refractivity contribution in [3.63, 3.8) is 0 Å². The number of anilines is 1. The Hall–Kier alpha value is -1.75. The molecule has 0 bridgehead atoms. The second-order valence-corrected chi connectivity index (χ2v) is 9.08. The fraction of sp³-hybridized carbons (Fsp3) is 0.458. The van der Waals surface area contributed by atoms with E-state index in [0.29, 0.717) is 16.6 Å². The Morgan fingerprint density at radius 2 is 1.87 bits per heavy atom. The third kappa shape index (κ3) is 5.11. The van der Waals surface area contributed by atoms with Crippen LogP contribution >= 0.6 is 23.2 Å². The van der Waals surface area contributed by atoms with Crippen molar-refractivity contribution in [2.24, 2.45) is 0 Å². The molecule has 4 nitrogen and oxygen atoms in total. The van der Waals surface area contributed by atoms with Crippen LogP contribution in [0.3, 0.4) is 0 Å². The average Bonchev–Trinajstić information content (AvgIpc) is 2.74. The molecule has 0 saturated carbocycles. The highest BCUT2D eigenvalue weighted by Crippen LogP contribution is 2.34. The quantitative estimate of drug-likeness (QED) is 0.555. The highest BCUT2D eigenvalue weighted by molar-refractivity contribution is 6.42. The van der Waals surface area contributed by atoms with Crippen LogP contribution in [-0.2, 0) is 22.5 Å². The summed E-state index contributed by atoms with van der Waals surface area (Å²) in [5, 5.41) is 1.16. The van der Waals surface area contributed by atoms with Crippen molar-refractivity contribution in [2.45, 2.75) is 45.3 Å². The molecule has 2 aliphatic rings. The number of rotatable bonds is 5. The summed E-state index contributed by atoms with van der Waals surface area (Å²) in [5.74, 6) is -0.236. The van der Waals surface area contributed by atoms with Crippen LogP contribution in [0.25, 0.3) is 0 Å². The Balaban J connectivity index is 1.50. The van der Waals surface area contributed by atoms with Crippen molar-refractivity contribution in [1.82, 2.24) is 4.90 Å². The van der Waals surface area contributed by atoms with E-state index in [9.17, 15) is 4.79 Å². The molecule has 0 aromatic heterocycles. The van der Waals surface area contributed by atoms with E-state index in [0.717, 1.165) is 43.7 Å². The Kier molecular flexibility index (Phi) is 6.87. The molecule has 2 aromatic rings. The first-order chi connectivity index (χ1) is 14.5. The second kappa shape index (κ2) is 9.59. The Bertz CT molecular complexity index is 912. The summed E-state index contributed by atoms with van der Waals surface area (Å²) in [6.45, 7) is 6.12. The van der Waals surface area contributed by atoms with Gasteiger partial charge in [-0.05, 0) is 61.1 Å². The van der Waals surface area contributed by atoms with Crippen molar-refractivity contribution >= 4 is 34.9 Å². The number of hydrogen-bond acceptors (Lipinski definition) is 4. The number of nitrogens with zero attached hydrogens (tertiary/aromatic N) is 2. The third-order valence-electron chi connectivity index (χ3n) is 6.02. The number of carbonyl (C=O) groups is 1. The van der Waals surface area contributed by atoms with Crippen LogP contribution in [0.1, 0.15) is 49.0 Å². The van der Waals surface area contributed by atoms with E-state index in [2.05, 4.69) is 28.0 Å². The van der Waals surface area contributed by atoms with Crippen LogP contribution in [0, 0.1) is 0 Å². The lowest BCUT2D eigenvalue weighted by Crippen LogP contribution is -2.37. The van der Waals surface area contributed by atoms with Gasteiger partial charge in [0.05, 0.1) is 10.0 Å². The Labute approximate surface area is 188 Å². The molecule has 0 spiro atoms. The Morgan fingerprint density at radius 1 is 1.07 bits per heavy atom. The maximum Gasteiger partial charge on any atom is 0.303 e. The van der Waals surface area contributed by atoms with E-state index in [4.69, 9.17) is 27.9 Å². The fourth-order valence-electron chi connectivity index (χ4n) is 4.47. The molecule has 2 aromatic carbocycles. The van der Waals surface area contributed by atoms with Gasteiger partial charge >= 0.3 is 5.97 Å². The first-order valence-corrected chi connectivity index (χ1v) is 11.5. The number of fused-ring (bicyclic) bond motifs is 1. The van der Waals surface area contributed by atoms with Gasteiger partial charge in [0.1, 0.15) is 6.10 Å². The average molecular weight is 447 g/mol. The van der Waals surface area contributed by atoms with Crippen molar-refractivity contribution < 1.29 is 9.53 Å². The molecule has 0 aliphatic carbocycles. The third-order valence-corrected chi connectivity index (χ3v) is 6.76. The van der Waals surface area contributed by atoms with E-state index in [1.54, 1.807) is 0 Å². The Morgan fingerprint density at radius 3 is 2.60 bits per heavy atom. The summed E-state index contributed by atoms with van der Waals surface area (Å²) in [6, 6.07) is 12.5. The highest BCUT2D eigenvalue weighted by atomic mass is 35.5. The molecule has 4 rings (SSSR count). The van der Waals surface area contributed by atoms with Crippen molar-refractivity contribution in [1.29, 1.82) is 0 Å². The van der Waals surface area contributed by atoms with Crippen LogP contribution in [0.5, 0.6) is 0 Å². The minimum absolute atomic E-state index is 0.232. The van der Waals surface area contributed by atoms with Gasteiger partial charge < -0.3 is 9.64 Å². The van der Waals surface area contributed by atoms with Crippen LogP contribution in [0.4, 0.5) is 5.69 Å². The molecule has 30 heavy (non-hydrogen) atoms. The molecular weight excluding hydrogens is 419 g/mol. The molecule has 1 atom stereocenters. The fourth-order valence-corrected chi connectivity index (χ4v) is 4.79. The largest absolute Gasteiger partial charge is 0.456 e. The second-order valence-electron chi connectivity index (χ2n) is 8.26.